The highest BCUT2D eigenvalue weighted by molar-refractivity contribution is 2.01. The van der Waals surface area contributed by atoms with Crippen LogP contribution in [-0.4, -0.2) is 0 Å². The van der Waals surface area contributed by atoms with Crippen LogP contribution in [0.1, 0.15) is 0 Å². The Morgan fingerprint density at radius 1 is 1.00 bits per heavy atom. The van der Waals surface area contributed by atoms with Crippen LogP contribution in [0.15, 0.2) is 0 Å². The van der Waals surface area contributed by atoms with Crippen molar-refractivity contribution in [2.75, 3.05) is 0 Å². The van der Waals surface area contributed by atoms with Gasteiger partial charge in [0, 0.05) is 0 Å². The maximum Gasteiger partial charge on any atom is -0.0643 e. The molecule has 2 nitrogen and oxygen atoms in total. The minimum absolute atomic E-state index is 0. The van der Waals surface area contributed by atoms with E-state index in [0.717, 1.165) is 0 Å². The van der Waals surface area contributed by atoms with Crippen molar-refractivity contribution in [3.05, 3.63) is 0 Å². The molecule has 0 aliphatic carbocycles. The fraction of sp³-hybridized carbons (Fsp3) is 0. The topological polar surface area (TPSA) is 49.4 Å². The Kier molecular flexibility index (Phi) is 442. The lowest BCUT2D eigenvalue weighted by atomic mass is 13.3. The first-order valence-electron chi connectivity index (χ1n) is 0.289. The van der Waals surface area contributed by atoms with Crippen molar-refractivity contribution in [3.63, 3.8) is 0 Å². The standard InChI is InChI=1S/2BrH.H2N2/c;;1-2/h2*1H;1-2H/p-1. The summed E-state index contributed by atoms with van der Waals surface area (Å²) in [6.07, 6.45) is 0. The van der Waals surface area contributed by atoms with Gasteiger partial charge in [0.2, 0.25) is 0 Å². The summed E-state index contributed by atoms with van der Waals surface area (Å²) in [5.41, 5.74) is 9.00. The van der Waals surface area contributed by atoms with Crippen molar-refractivity contribution in [1.82, 2.24) is 0 Å². The van der Waals surface area contributed by atoms with E-state index in [1.807, 2.05) is 0 Å². The second-order valence-electron chi connectivity index (χ2n) is 0. The number of hydrogen-bond donors (Lipinski definition) is 2. The zero-order chi connectivity index (χ0) is 2.00. The minimum atomic E-state index is 0. The van der Waals surface area contributed by atoms with Crippen LogP contribution >= 0.6 is 0 Å². The van der Waals surface area contributed by atoms with Gasteiger partial charge in [-0.25, -0.2) is 0 Å². The van der Waals surface area contributed by atoms with Crippen LogP contribution in [0, 0.1) is 5.53 Å². The lowest BCUT2D eigenvalue weighted by molar-refractivity contribution is -0.249. The number of nitrogens with one attached hydrogen (secondary N) is 1. The van der Waals surface area contributed by atoms with E-state index in [1.54, 1.807) is 0 Å². The molecule has 0 atom stereocenters. The van der Waals surface area contributed by atoms with Gasteiger partial charge in [-0.15, -0.1) is 0 Å². The average molecular weight is 191 g/mol. The van der Waals surface area contributed by atoms with E-state index >= 15 is 0 Å². The third-order valence-corrected chi connectivity index (χ3v) is 0. The van der Waals surface area contributed by atoms with Crippen molar-refractivity contribution < 1.29 is 39.5 Å². The van der Waals surface area contributed by atoms with Crippen molar-refractivity contribution in [1.29, 1.82) is 5.53 Å². The van der Waals surface area contributed by atoms with E-state index in [-0.39, 0.29) is 34.0 Å². The fourth-order valence-corrected chi connectivity index (χ4v) is 0. The summed E-state index contributed by atoms with van der Waals surface area (Å²) in [7, 11) is 0. The maximum atomic E-state index is 5.25. The van der Waals surface area contributed by atoms with Crippen molar-refractivity contribution in [2.45, 2.75) is 0 Å². The molecule has 0 saturated heterocycles. The summed E-state index contributed by atoms with van der Waals surface area (Å²) in [6, 6.07) is 0. The highest BCUT2D eigenvalue weighted by Crippen LogP contribution is 0.306. The van der Waals surface area contributed by atoms with E-state index in [2.05, 4.69) is 5.53 Å². The summed E-state index contributed by atoms with van der Waals surface area (Å²) in [6.45, 7) is 0. The van der Waals surface area contributed by atoms with Gasteiger partial charge < -0.3 is 34.0 Å². The predicted octanol–water partition coefficient (Wildman–Crippen LogP) is -7.22. The molecule has 0 unspecified atom stereocenters. The van der Waals surface area contributed by atoms with E-state index in [9.17, 15) is 0 Å². The van der Waals surface area contributed by atoms with E-state index in [0.29, 0.717) is 0 Å². The normalized spacial score (nSPS) is 1.00. The van der Waals surface area contributed by atoms with Gasteiger partial charge in [0.05, 0.1) is 0 Å². The zero-order valence-electron chi connectivity index (χ0n) is 1.83. The van der Waals surface area contributed by atoms with Crippen molar-refractivity contribution >= 4 is 0 Å². The van der Waals surface area contributed by atoms with Gasteiger partial charge in [0.1, 0.15) is 0 Å². The average Bonchev–Trinajstić information content (AvgIpc) is 1.00. The molecule has 28 valence electrons. The highest BCUT2D eigenvalue weighted by atomic mass is 79.9. The van der Waals surface area contributed by atoms with E-state index in [4.69, 9.17) is 5.53 Å². The molecule has 0 bridgehead atoms. The molecule has 0 spiro atoms. The first-order chi connectivity index (χ1) is 1.00. The molecule has 0 aromatic carbocycles. The molecule has 0 amide bonds. The van der Waals surface area contributed by atoms with Gasteiger partial charge >= 0.3 is 0 Å². The second kappa shape index (κ2) is 74.4. The molecular weight excluding hydrogens is 188 g/mol. The monoisotopic (exact) mass is 189 g/mol. The number of hydrogen-bond acceptors (Lipinski definition) is 1. The van der Waals surface area contributed by atoms with Crippen LogP contribution in [0.3, 0.4) is 0 Å². The fourth-order valence-electron chi connectivity index (χ4n) is 0. The lowest BCUT2D eigenvalue weighted by Gasteiger charge is -1.00. The molecule has 0 saturated carbocycles. The first kappa shape index (κ1) is 23.7. The van der Waals surface area contributed by atoms with Crippen LogP contribution in [0.5, 0.6) is 0 Å². The summed E-state index contributed by atoms with van der Waals surface area (Å²) in [4.78, 5) is 0. The molecule has 0 aromatic rings. The van der Waals surface area contributed by atoms with Crippen LogP contribution in [-0.2, 0) is 0 Å². The van der Waals surface area contributed by atoms with Crippen LogP contribution in [0.25, 0.3) is 0 Å². The Labute approximate surface area is 45.4 Å². The SMILES string of the molecule is N=[NH2+].[Br-].[Br-]. The first-order valence-corrected chi connectivity index (χ1v) is 0.289. The van der Waals surface area contributed by atoms with E-state index < -0.39 is 0 Å². The van der Waals surface area contributed by atoms with Gasteiger partial charge in [-0.1, -0.05) is 5.53 Å². The van der Waals surface area contributed by atoms with Crippen LogP contribution in [0.4, 0.5) is 0 Å². The molecule has 0 aliphatic rings. The lowest BCUT2D eigenvalue weighted by Crippen LogP contribution is -3.00. The number of rotatable bonds is 0. The molecular formula is H3Br2N2-. The minimum Gasteiger partial charge on any atom is -1.00 e. The van der Waals surface area contributed by atoms with Gasteiger partial charge in [-0.3, -0.25) is 0 Å². The van der Waals surface area contributed by atoms with Crippen LogP contribution < -0.4 is 39.5 Å². The second-order valence-corrected chi connectivity index (χ2v) is 0. The molecule has 0 rings (SSSR count). The molecule has 0 aliphatic heterocycles. The Hall–Kier alpha value is 0.560. The molecule has 0 fully saturated rings. The molecule has 4 heavy (non-hydrogen) atoms. The largest absolute Gasteiger partial charge is 1.00 e. The molecule has 3 N–H and O–H groups in total. The smallest absolute Gasteiger partial charge is 0.0643 e. The Balaban J connectivity index is -0.00000000500. The summed E-state index contributed by atoms with van der Waals surface area (Å²) < 4.78 is 0. The van der Waals surface area contributed by atoms with Gasteiger partial charge in [-0.05, 0) is 0 Å². The van der Waals surface area contributed by atoms with E-state index in [1.165, 1.54) is 0 Å². The number of halogens is 2. The van der Waals surface area contributed by atoms with Gasteiger partial charge in [0.25, 0.3) is 0 Å². The molecule has 0 heterocycles. The Morgan fingerprint density at radius 3 is 1.00 bits per heavy atom. The van der Waals surface area contributed by atoms with Crippen LogP contribution in [0.2, 0.25) is 0 Å². The number of nitrogens with two attached hydrogens (primary N) is 1. The Morgan fingerprint density at radius 2 is 1.00 bits per heavy atom. The van der Waals surface area contributed by atoms with Crippen molar-refractivity contribution in [2.24, 2.45) is 0 Å². The summed E-state index contributed by atoms with van der Waals surface area (Å²) in [5.74, 6) is 0. The van der Waals surface area contributed by atoms with Gasteiger partial charge in [-0.2, -0.15) is 5.53 Å². The zero-order valence-corrected chi connectivity index (χ0v) is 5.01. The summed E-state index contributed by atoms with van der Waals surface area (Å²) in [5, 5.41) is 0. The predicted molar refractivity (Wildman–Crippen MR) is 4.65 cm³/mol. The third-order valence-electron chi connectivity index (χ3n) is 0. The highest BCUT2D eigenvalue weighted by Gasteiger charge is 0.597. The maximum absolute atomic E-state index is 5.25. The molecule has 0 radical (unpaired) electrons. The third kappa shape index (κ3) is 19.9. The molecule has 0 aromatic heterocycles. The quantitative estimate of drug-likeness (QED) is 0.357. The Bertz CT molecular complexity index is 4.00. The molecule has 4 heteroatoms. The summed E-state index contributed by atoms with van der Waals surface area (Å²) >= 11 is 0. The van der Waals surface area contributed by atoms with Gasteiger partial charge in [0.15, 0.2) is 0 Å². The van der Waals surface area contributed by atoms with Crippen molar-refractivity contribution in [3.8, 4) is 0 Å².